The largest absolute Gasteiger partial charge is 0.494 e. The third-order valence-corrected chi connectivity index (χ3v) is 3.72. The smallest absolute Gasteiger partial charge is 0.417 e. The quantitative estimate of drug-likeness (QED) is 0.741. The van der Waals surface area contributed by atoms with Gasteiger partial charge in [-0.2, -0.15) is 13.2 Å². The molecule has 1 atom stereocenters. The number of amides is 1. The van der Waals surface area contributed by atoms with Gasteiger partial charge in [0.2, 0.25) is 5.91 Å². The third kappa shape index (κ3) is 5.37. The summed E-state index contributed by atoms with van der Waals surface area (Å²) in [5.74, 6) is -0.110. The minimum absolute atomic E-state index is 0.0520. The zero-order valence-electron chi connectivity index (χ0n) is 14.5. The highest BCUT2D eigenvalue weighted by atomic mass is 19.4. The maximum atomic E-state index is 13.3. The molecule has 6 heteroatoms. The molecule has 138 valence electrons. The molecular weight excluding hydrogens is 343 g/mol. The fraction of sp³-hybridized carbons (Fsp3) is 0.250. The van der Waals surface area contributed by atoms with E-state index in [0.717, 1.165) is 5.56 Å². The summed E-state index contributed by atoms with van der Waals surface area (Å²) >= 11 is 0. The van der Waals surface area contributed by atoms with Gasteiger partial charge >= 0.3 is 6.18 Å². The molecule has 2 aromatic rings. The van der Waals surface area contributed by atoms with Crippen LogP contribution >= 0.6 is 0 Å². The number of alkyl halides is 3. The summed E-state index contributed by atoms with van der Waals surface area (Å²) in [4.78, 5) is 12.1. The van der Waals surface area contributed by atoms with E-state index in [0.29, 0.717) is 18.4 Å². The molecule has 0 radical (unpaired) electrons. The first-order valence-electron chi connectivity index (χ1n) is 8.19. The molecule has 0 fully saturated rings. The van der Waals surface area contributed by atoms with Crippen LogP contribution in [-0.4, -0.2) is 18.7 Å². The van der Waals surface area contributed by atoms with E-state index in [2.05, 4.69) is 5.32 Å². The highest BCUT2D eigenvalue weighted by molar-refractivity contribution is 5.96. The fourth-order valence-corrected chi connectivity index (χ4v) is 2.44. The second kappa shape index (κ2) is 8.56. The van der Waals surface area contributed by atoms with Crippen molar-refractivity contribution in [3.05, 3.63) is 71.8 Å². The van der Waals surface area contributed by atoms with E-state index in [1.807, 2.05) is 6.92 Å². The standard InChI is InChI=1S/C20H20F3NO2/c1-3-26-17-11-9-15(10-12-17)14(2)24-19(25)13-18(20(21,22)23)16-7-5-4-6-8-16/h4-14H,3H2,1-2H3,(H,24,25)/b18-13-. The molecule has 1 unspecified atom stereocenters. The zero-order valence-corrected chi connectivity index (χ0v) is 14.5. The maximum absolute atomic E-state index is 13.3. The summed E-state index contributed by atoms with van der Waals surface area (Å²) in [7, 11) is 0. The number of carbonyl (C=O) groups is 1. The van der Waals surface area contributed by atoms with Gasteiger partial charge in [-0.15, -0.1) is 0 Å². The molecule has 3 nitrogen and oxygen atoms in total. The van der Waals surface area contributed by atoms with Gasteiger partial charge in [-0.05, 0) is 37.1 Å². The Morgan fingerprint density at radius 2 is 1.73 bits per heavy atom. The molecule has 1 N–H and O–H groups in total. The summed E-state index contributed by atoms with van der Waals surface area (Å²) in [5.41, 5.74) is -0.262. The molecule has 26 heavy (non-hydrogen) atoms. The number of rotatable bonds is 6. The Hall–Kier alpha value is -2.76. The number of allylic oxidation sites excluding steroid dienone is 1. The van der Waals surface area contributed by atoms with Crippen molar-refractivity contribution in [2.45, 2.75) is 26.1 Å². The first-order chi connectivity index (χ1) is 12.3. The summed E-state index contributed by atoms with van der Waals surface area (Å²) < 4.78 is 45.2. The monoisotopic (exact) mass is 363 g/mol. The maximum Gasteiger partial charge on any atom is 0.417 e. The average Bonchev–Trinajstić information content (AvgIpc) is 2.60. The van der Waals surface area contributed by atoms with Gasteiger partial charge in [-0.1, -0.05) is 42.5 Å². The Bertz CT molecular complexity index is 753. The summed E-state index contributed by atoms with van der Waals surface area (Å²) in [6.45, 7) is 4.11. The summed E-state index contributed by atoms with van der Waals surface area (Å²) in [6.07, 6.45) is -4.03. The predicted molar refractivity (Wildman–Crippen MR) is 94.6 cm³/mol. The highest BCUT2D eigenvalue weighted by Gasteiger charge is 2.35. The van der Waals surface area contributed by atoms with Crippen molar-refractivity contribution in [2.75, 3.05) is 6.61 Å². The van der Waals surface area contributed by atoms with Crippen LogP contribution in [-0.2, 0) is 4.79 Å². The van der Waals surface area contributed by atoms with Crippen LogP contribution in [0.25, 0.3) is 5.57 Å². The highest BCUT2D eigenvalue weighted by Crippen LogP contribution is 2.33. The SMILES string of the molecule is CCOc1ccc(C(C)NC(=O)/C=C(/c2ccccc2)C(F)(F)F)cc1. The van der Waals surface area contributed by atoms with E-state index in [4.69, 9.17) is 4.74 Å². The lowest BCUT2D eigenvalue weighted by Gasteiger charge is -2.16. The minimum atomic E-state index is -4.62. The number of hydrogen-bond acceptors (Lipinski definition) is 2. The molecule has 0 bridgehead atoms. The van der Waals surface area contributed by atoms with E-state index in [9.17, 15) is 18.0 Å². The van der Waals surface area contributed by atoms with Crippen LogP contribution in [0.2, 0.25) is 0 Å². The Kier molecular flexibility index (Phi) is 6.44. The average molecular weight is 363 g/mol. The first-order valence-corrected chi connectivity index (χ1v) is 8.19. The molecule has 0 saturated carbocycles. The van der Waals surface area contributed by atoms with E-state index < -0.39 is 23.7 Å². The van der Waals surface area contributed by atoms with Gasteiger partial charge in [0.05, 0.1) is 18.2 Å². The number of nitrogens with one attached hydrogen (secondary N) is 1. The number of carbonyl (C=O) groups excluding carboxylic acids is 1. The molecular formula is C20H20F3NO2. The molecule has 1 amide bonds. The third-order valence-electron chi connectivity index (χ3n) is 3.72. The second-order valence-electron chi connectivity index (χ2n) is 5.65. The van der Waals surface area contributed by atoms with E-state index >= 15 is 0 Å². The van der Waals surface area contributed by atoms with Crippen molar-refractivity contribution < 1.29 is 22.7 Å². The number of halogens is 3. The van der Waals surface area contributed by atoms with E-state index in [1.54, 1.807) is 37.3 Å². The minimum Gasteiger partial charge on any atom is -0.494 e. The van der Waals surface area contributed by atoms with Crippen molar-refractivity contribution in [1.29, 1.82) is 0 Å². The van der Waals surface area contributed by atoms with Crippen LogP contribution in [0.15, 0.2) is 60.7 Å². The molecule has 2 rings (SSSR count). The fourth-order valence-electron chi connectivity index (χ4n) is 2.44. The zero-order chi connectivity index (χ0) is 19.2. The van der Waals surface area contributed by atoms with Crippen molar-refractivity contribution in [3.8, 4) is 5.75 Å². The summed E-state index contributed by atoms with van der Waals surface area (Å²) in [5, 5.41) is 2.56. The molecule has 0 heterocycles. The lowest BCUT2D eigenvalue weighted by molar-refractivity contribution is -0.117. The number of hydrogen-bond donors (Lipinski definition) is 1. The number of ether oxygens (including phenoxy) is 1. The first kappa shape index (κ1) is 19.6. The van der Waals surface area contributed by atoms with Gasteiger partial charge in [0.15, 0.2) is 0 Å². The van der Waals surface area contributed by atoms with E-state index in [1.165, 1.54) is 24.3 Å². The van der Waals surface area contributed by atoms with Crippen LogP contribution in [0.4, 0.5) is 13.2 Å². The van der Waals surface area contributed by atoms with Crippen molar-refractivity contribution in [3.63, 3.8) is 0 Å². The topological polar surface area (TPSA) is 38.3 Å². The molecule has 0 aliphatic heterocycles. The summed E-state index contributed by atoms with van der Waals surface area (Å²) in [6, 6.07) is 13.8. The Morgan fingerprint density at radius 1 is 1.12 bits per heavy atom. The van der Waals surface area contributed by atoms with Gasteiger partial charge in [0.1, 0.15) is 5.75 Å². The van der Waals surface area contributed by atoms with Gasteiger partial charge in [-0.3, -0.25) is 4.79 Å². The Balaban J connectivity index is 2.15. The van der Waals surface area contributed by atoms with Crippen LogP contribution in [0.3, 0.4) is 0 Å². The molecule has 0 spiro atoms. The van der Waals surface area contributed by atoms with Crippen molar-refractivity contribution in [1.82, 2.24) is 5.32 Å². The predicted octanol–water partition coefficient (Wildman–Crippen LogP) is 4.91. The molecule has 2 aromatic carbocycles. The molecule has 0 saturated heterocycles. The molecule has 0 aromatic heterocycles. The van der Waals surface area contributed by atoms with Crippen LogP contribution in [0.5, 0.6) is 5.75 Å². The van der Waals surface area contributed by atoms with Gasteiger partial charge in [0, 0.05) is 6.08 Å². The Morgan fingerprint density at radius 3 is 2.27 bits per heavy atom. The van der Waals surface area contributed by atoms with E-state index in [-0.39, 0.29) is 5.56 Å². The van der Waals surface area contributed by atoms with Gasteiger partial charge < -0.3 is 10.1 Å². The normalized spacial score (nSPS) is 13.2. The van der Waals surface area contributed by atoms with Gasteiger partial charge in [-0.25, -0.2) is 0 Å². The second-order valence-corrected chi connectivity index (χ2v) is 5.65. The van der Waals surface area contributed by atoms with Crippen LogP contribution < -0.4 is 10.1 Å². The van der Waals surface area contributed by atoms with Gasteiger partial charge in [0.25, 0.3) is 0 Å². The van der Waals surface area contributed by atoms with Crippen molar-refractivity contribution >= 4 is 11.5 Å². The lowest BCUT2D eigenvalue weighted by atomic mass is 10.0. The van der Waals surface area contributed by atoms with Crippen LogP contribution in [0.1, 0.15) is 31.0 Å². The lowest BCUT2D eigenvalue weighted by Crippen LogP contribution is -2.26. The van der Waals surface area contributed by atoms with Crippen LogP contribution in [0, 0.1) is 0 Å². The molecule has 0 aliphatic carbocycles. The molecule has 0 aliphatic rings. The van der Waals surface area contributed by atoms with Crippen molar-refractivity contribution in [2.24, 2.45) is 0 Å². The number of benzene rings is 2. The Labute approximate surface area is 150 Å².